The van der Waals surface area contributed by atoms with E-state index in [2.05, 4.69) is 16.8 Å². The topological polar surface area (TPSA) is 92.2 Å². The van der Waals surface area contributed by atoms with Crippen molar-refractivity contribution in [3.63, 3.8) is 0 Å². The molecule has 1 N–H and O–H groups in total. The molecule has 0 bridgehead atoms. The molecular weight excluding hydrogens is 482 g/mol. The van der Waals surface area contributed by atoms with Crippen LogP contribution in [0.25, 0.3) is 0 Å². The van der Waals surface area contributed by atoms with Crippen LogP contribution >= 0.6 is 0 Å². The number of aromatic nitrogens is 1. The fourth-order valence-corrected chi connectivity index (χ4v) is 4.85. The number of rotatable bonds is 6. The molecule has 1 fully saturated rings. The summed E-state index contributed by atoms with van der Waals surface area (Å²) in [6, 6.07) is 11.3. The van der Waals surface area contributed by atoms with Gasteiger partial charge in [-0.25, -0.2) is 4.98 Å². The first-order chi connectivity index (χ1) is 18.4. The number of amides is 2. The molecule has 3 atom stereocenters. The van der Waals surface area contributed by atoms with Gasteiger partial charge in [0, 0.05) is 56.8 Å². The van der Waals surface area contributed by atoms with Crippen molar-refractivity contribution in [1.29, 1.82) is 0 Å². The SMILES string of the molecule is C[C@H]1CN([C@@H](C)CO)C(=O)c2cc(C#CCc3ccccc3)cnc2O[C@@H]1CN(C)C(=O)C1CCOCC1. The molecule has 8 nitrogen and oxygen atoms in total. The quantitative estimate of drug-likeness (QED) is 0.590. The van der Waals surface area contributed by atoms with E-state index in [1.165, 1.54) is 0 Å². The van der Waals surface area contributed by atoms with Gasteiger partial charge in [0.15, 0.2) is 0 Å². The van der Waals surface area contributed by atoms with Gasteiger partial charge < -0.3 is 24.4 Å². The number of pyridine rings is 1. The maximum absolute atomic E-state index is 13.6. The average molecular weight is 520 g/mol. The molecule has 1 saturated heterocycles. The highest BCUT2D eigenvalue weighted by Crippen LogP contribution is 2.28. The van der Waals surface area contributed by atoms with Gasteiger partial charge in [-0.3, -0.25) is 9.59 Å². The first-order valence-electron chi connectivity index (χ1n) is 13.3. The Morgan fingerprint density at radius 3 is 2.71 bits per heavy atom. The third kappa shape index (κ3) is 6.72. The predicted molar refractivity (Wildman–Crippen MR) is 144 cm³/mol. The Morgan fingerprint density at radius 2 is 2.00 bits per heavy atom. The van der Waals surface area contributed by atoms with E-state index in [1.54, 1.807) is 29.1 Å². The van der Waals surface area contributed by atoms with E-state index < -0.39 is 0 Å². The Kier molecular flexibility index (Phi) is 9.38. The normalized spacial score (nSPS) is 20.7. The molecule has 38 heavy (non-hydrogen) atoms. The number of fused-ring (bicyclic) bond motifs is 1. The van der Waals surface area contributed by atoms with Gasteiger partial charge in [-0.05, 0) is 31.4 Å². The Morgan fingerprint density at radius 1 is 1.26 bits per heavy atom. The minimum Gasteiger partial charge on any atom is -0.472 e. The molecular formula is C30H37N3O5. The van der Waals surface area contributed by atoms with Gasteiger partial charge in [0.1, 0.15) is 11.7 Å². The van der Waals surface area contributed by atoms with Crippen LogP contribution in [0.1, 0.15) is 48.2 Å². The number of aliphatic hydroxyl groups excluding tert-OH is 1. The lowest BCUT2D eigenvalue weighted by atomic mass is 9.97. The molecule has 8 heteroatoms. The second-order valence-electron chi connectivity index (χ2n) is 10.3. The van der Waals surface area contributed by atoms with E-state index in [9.17, 15) is 14.7 Å². The number of likely N-dealkylation sites (N-methyl/N-ethyl adjacent to an activating group) is 1. The second kappa shape index (κ2) is 12.9. The largest absolute Gasteiger partial charge is 0.472 e. The number of hydrogen-bond acceptors (Lipinski definition) is 6. The molecule has 202 valence electrons. The van der Waals surface area contributed by atoms with E-state index in [4.69, 9.17) is 9.47 Å². The Bertz CT molecular complexity index is 1170. The molecule has 0 radical (unpaired) electrons. The molecule has 2 aliphatic rings. The number of aliphatic hydroxyl groups is 1. The summed E-state index contributed by atoms with van der Waals surface area (Å²) < 4.78 is 11.7. The van der Waals surface area contributed by atoms with Crippen molar-refractivity contribution in [3.8, 4) is 17.7 Å². The van der Waals surface area contributed by atoms with Gasteiger partial charge in [0.05, 0.1) is 19.2 Å². The standard InChI is InChI=1S/C30H37N3O5/c1-21-18-33(22(2)20-34)30(36)26-16-24(11-7-10-23-8-5-4-6-9-23)17-31-28(26)38-27(21)19-32(3)29(35)25-12-14-37-15-13-25/h4-6,8-9,16-17,21-22,25,27,34H,10,12-15,18-20H2,1-3H3/t21-,22-,27+/m0/s1. The smallest absolute Gasteiger partial charge is 0.259 e. The molecule has 1 aromatic heterocycles. The summed E-state index contributed by atoms with van der Waals surface area (Å²) in [6.45, 7) is 5.61. The number of hydrogen-bond donors (Lipinski definition) is 1. The summed E-state index contributed by atoms with van der Waals surface area (Å²) in [5.41, 5.74) is 2.04. The summed E-state index contributed by atoms with van der Waals surface area (Å²) in [5.74, 6) is 6.17. The van der Waals surface area contributed by atoms with Crippen LogP contribution in [0, 0.1) is 23.7 Å². The van der Waals surface area contributed by atoms with Gasteiger partial charge in [0.25, 0.3) is 5.91 Å². The molecule has 2 amide bonds. The van der Waals surface area contributed by atoms with Crippen LogP contribution in [0.2, 0.25) is 0 Å². The van der Waals surface area contributed by atoms with Crippen LogP contribution in [-0.2, 0) is 16.0 Å². The van der Waals surface area contributed by atoms with Crippen LogP contribution in [0.3, 0.4) is 0 Å². The van der Waals surface area contributed by atoms with Crippen molar-refractivity contribution in [2.24, 2.45) is 11.8 Å². The van der Waals surface area contributed by atoms with E-state index in [0.717, 1.165) is 18.4 Å². The van der Waals surface area contributed by atoms with E-state index in [-0.39, 0.29) is 48.3 Å². The van der Waals surface area contributed by atoms with Crippen LogP contribution in [0.15, 0.2) is 42.6 Å². The molecule has 0 saturated carbocycles. The first-order valence-corrected chi connectivity index (χ1v) is 13.3. The zero-order valence-corrected chi connectivity index (χ0v) is 22.4. The zero-order chi connectivity index (χ0) is 27.1. The fraction of sp³-hybridized carbons (Fsp3) is 0.500. The summed E-state index contributed by atoms with van der Waals surface area (Å²) in [6.07, 6.45) is 3.26. The number of carbonyl (C=O) groups excluding carboxylic acids is 2. The Labute approximate surface area is 224 Å². The lowest BCUT2D eigenvalue weighted by molar-refractivity contribution is -0.138. The average Bonchev–Trinajstić information content (AvgIpc) is 2.95. The molecule has 4 rings (SSSR count). The maximum Gasteiger partial charge on any atom is 0.259 e. The molecule has 2 aromatic rings. The highest BCUT2D eigenvalue weighted by Gasteiger charge is 2.35. The van der Waals surface area contributed by atoms with Crippen molar-refractivity contribution in [2.75, 3.05) is 40.0 Å². The van der Waals surface area contributed by atoms with Gasteiger partial charge in [-0.1, -0.05) is 49.1 Å². The van der Waals surface area contributed by atoms with Crippen molar-refractivity contribution in [1.82, 2.24) is 14.8 Å². The van der Waals surface area contributed by atoms with Crippen LogP contribution in [0.5, 0.6) is 5.88 Å². The molecule has 2 aliphatic heterocycles. The molecule has 3 heterocycles. The number of nitrogens with zero attached hydrogens (tertiary/aromatic N) is 3. The lowest BCUT2D eigenvalue weighted by Gasteiger charge is -2.38. The maximum atomic E-state index is 13.6. The monoisotopic (exact) mass is 519 g/mol. The zero-order valence-electron chi connectivity index (χ0n) is 22.4. The van der Waals surface area contributed by atoms with Crippen molar-refractivity contribution in [2.45, 2.75) is 45.3 Å². The fourth-order valence-electron chi connectivity index (χ4n) is 4.85. The van der Waals surface area contributed by atoms with E-state index in [1.807, 2.05) is 44.2 Å². The van der Waals surface area contributed by atoms with E-state index in [0.29, 0.717) is 43.9 Å². The second-order valence-corrected chi connectivity index (χ2v) is 10.3. The predicted octanol–water partition coefficient (Wildman–Crippen LogP) is 2.78. The molecule has 0 aliphatic carbocycles. The first kappa shape index (κ1) is 27.6. The Hall–Kier alpha value is -3.41. The number of carbonyl (C=O) groups is 2. The summed E-state index contributed by atoms with van der Waals surface area (Å²) in [7, 11) is 1.80. The van der Waals surface area contributed by atoms with Crippen molar-refractivity contribution in [3.05, 3.63) is 59.3 Å². The molecule has 0 unspecified atom stereocenters. The summed E-state index contributed by atoms with van der Waals surface area (Å²) >= 11 is 0. The van der Waals surface area contributed by atoms with Crippen LogP contribution in [0.4, 0.5) is 0 Å². The number of benzene rings is 1. The molecule has 1 aromatic carbocycles. The molecule has 0 spiro atoms. The van der Waals surface area contributed by atoms with Gasteiger partial charge >= 0.3 is 0 Å². The van der Waals surface area contributed by atoms with Crippen LogP contribution in [-0.4, -0.2) is 83.8 Å². The third-order valence-electron chi connectivity index (χ3n) is 7.29. The highest BCUT2D eigenvalue weighted by molar-refractivity contribution is 5.97. The van der Waals surface area contributed by atoms with Crippen molar-refractivity contribution < 1.29 is 24.2 Å². The Balaban J connectivity index is 1.58. The van der Waals surface area contributed by atoms with Crippen LogP contribution < -0.4 is 4.74 Å². The van der Waals surface area contributed by atoms with E-state index >= 15 is 0 Å². The minimum atomic E-state index is -0.383. The third-order valence-corrected chi connectivity index (χ3v) is 7.29. The van der Waals surface area contributed by atoms with Crippen molar-refractivity contribution >= 4 is 11.8 Å². The van der Waals surface area contributed by atoms with Gasteiger partial charge in [-0.15, -0.1) is 0 Å². The lowest BCUT2D eigenvalue weighted by Crippen LogP contribution is -2.51. The minimum absolute atomic E-state index is 0.0486. The van der Waals surface area contributed by atoms with Gasteiger partial charge in [-0.2, -0.15) is 0 Å². The summed E-state index contributed by atoms with van der Waals surface area (Å²) in [5, 5.41) is 9.88. The number of ether oxygens (including phenoxy) is 2. The highest BCUT2D eigenvalue weighted by atomic mass is 16.5. The van der Waals surface area contributed by atoms with Gasteiger partial charge in [0.2, 0.25) is 11.8 Å². The summed E-state index contributed by atoms with van der Waals surface area (Å²) in [4.78, 5) is 34.6.